The Morgan fingerprint density at radius 2 is 1.79 bits per heavy atom. The molecule has 24 heavy (non-hydrogen) atoms. The van der Waals surface area contributed by atoms with E-state index in [1.165, 1.54) is 0 Å². The molecule has 142 valence electrons. The summed E-state index contributed by atoms with van der Waals surface area (Å²) >= 11 is 0. The molecule has 1 aliphatic heterocycles. The van der Waals surface area contributed by atoms with Crippen molar-refractivity contribution >= 4 is 5.96 Å². The number of ether oxygens (including phenoxy) is 1. The molecule has 1 fully saturated rings. The largest absolute Gasteiger partial charge is 0.379 e. The van der Waals surface area contributed by atoms with Crippen LogP contribution in [0.5, 0.6) is 0 Å². The highest BCUT2D eigenvalue weighted by Gasteiger charge is 2.24. The van der Waals surface area contributed by atoms with Crippen LogP contribution in [0.3, 0.4) is 0 Å². The third kappa shape index (κ3) is 7.36. The second-order valence-corrected chi connectivity index (χ2v) is 7.88. The third-order valence-corrected chi connectivity index (χ3v) is 4.72. The van der Waals surface area contributed by atoms with E-state index in [1.54, 1.807) is 7.11 Å². The summed E-state index contributed by atoms with van der Waals surface area (Å²) in [5, 5.41) is 6.77. The molecule has 0 saturated carbocycles. The maximum absolute atomic E-state index is 5.62. The molecular weight excluding hydrogens is 302 g/mol. The number of piperazine rings is 1. The molecular formula is C18H39N5O. The quantitative estimate of drug-likeness (QED) is 0.539. The molecule has 2 N–H and O–H groups in total. The lowest BCUT2D eigenvalue weighted by molar-refractivity contribution is 0.0205. The Hall–Kier alpha value is -0.850. The molecule has 0 aromatic heterocycles. The van der Waals surface area contributed by atoms with Gasteiger partial charge in [0.15, 0.2) is 5.96 Å². The third-order valence-electron chi connectivity index (χ3n) is 4.72. The van der Waals surface area contributed by atoms with Gasteiger partial charge in [-0.05, 0) is 26.3 Å². The standard InChI is InChI=1S/C18H39N5O/c1-8-19-17(21-14-16(24-7)18(3,4)5)20-13-15(2)23-11-9-22(6)10-12-23/h15-16H,8-14H2,1-7H3,(H2,19,20,21). The molecule has 0 amide bonds. The fourth-order valence-corrected chi connectivity index (χ4v) is 2.88. The highest BCUT2D eigenvalue weighted by atomic mass is 16.5. The van der Waals surface area contributed by atoms with E-state index in [4.69, 9.17) is 9.73 Å². The zero-order chi connectivity index (χ0) is 18.2. The summed E-state index contributed by atoms with van der Waals surface area (Å²) in [6.45, 7) is 17.9. The van der Waals surface area contributed by atoms with Gasteiger partial charge in [0, 0.05) is 52.4 Å². The number of hydrogen-bond acceptors (Lipinski definition) is 4. The summed E-state index contributed by atoms with van der Waals surface area (Å²) in [4.78, 5) is 9.69. The number of guanidine groups is 1. The van der Waals surface area contributed by atoms with Gasteiger partial charge in [0.25, 0.3) is 0 Å². The van der Waals surface area contributed by atoms with Crippen molar-refractivity contribution in [3.63, 3.8) is 0 Å². The van der Waals surface area contributed by atoms with Crippen molar-refractivity contribution < 1.29 is 4.74 Å². The van der Waals surface area contributed by atoms with Crippen molar-refractivity contribution in [2.45, 2.75) is 46.8 Å². The van der Waals surface area contributed by atoms with Crippen LogP contribution in [-0.2, 0) is 4.74 Å². The van der Waals surface area contributed by atoms with E-state index in [0.717, 1.165) is 51.8 Å². The van der Waals surface area contributed by atoms with Crippen LogP contribution in [-0.4, -0.2) is 87.9 Å². The van der Waals surface area contributed by atoms with E-state index < -0.39 is 0 Å². The number of nitrogens with zero attached hydrogens (tertiary/aromatic N) is 3. The van der Waals surface area contributed by atoms with Crippen LogP contribution >= 0.6 is 0 Å². The minimum Gasteiger partial charge on any atom is -0.379 e. The molecule has 2 atom stereocenters. The zero-order valence-electron chi connectivity index (χ0n) is 16.9. The van der Waals surface area contributed by atoms with Crippen molar-refractivity contribution in [1.29, 1.82) is 0 Å². The lowest BCUT2D eigenvalue weighted by Crippen LogP contribution is -2.49. The highest BCUT2D eigenvalue weighted by Crippen LogP contribution is 2.20. The number of rotatable bonds is 7. The van der Waals surface area contributed by atoms with E-state index in [-0.39, 0.29) is 11.5 Å². The average molecular weight is 342 g/mol. The lowest BCUT2D eigenvalue weighted by Gasteiger charge is -2.36. The van der Waals surface area contributed by atoms with Crippen LogP contribution in [0.2, 0.25) is 0 Å². The van der Waals surface area contributed by atoms with Gasteiger partial charge in [0.05, 0.1) is 12.6 Å². The molecule has 1 aliphatic rings. The molecule has 0 spiro atoms. The van der Waals surface area contributed by atoms with Crippen LogP contribution < -0.4 is 10.6 Å². The van der Waals surface area contributed by atoms with Crippen LogP contribution in [0, 0.1) is 5.41 Å². The summed E-state index contributed by atoms with van der Waals surface area (Å²) in [7, 11) is 3.96. The van der Waals surface area contributed by atoms with Gasteiger partial charge < -0.3 is 20.3 Å². The Kier molecular flexibility index (Phi) is 9.02. The van der Waals surface area contributed by atoms with Crippen molar-refractivity contribution in [2.75, 3.05) is 60.0 Å². The molecule has 1 heterocycles. The topological polar surface area (TPSA) is 52.1 Å². The Morgan fingerprint density at radius 3 is 2.29 bits per heavy atom. The van der Waals surface area contributed by atoms with Gasteiger partial charge in [-0.15, -0.1) is 0 Å². The number of hydrogen-bond donors (Lipinski definition) is 2. The van der Waals surface area contributed by atoms with Crippen LogP contribution in [0.4, 0.5) is 0 Å². The van der Waals surface area contributed by atoms with Gasteiger partial charge in [0.1, 0.15) is 0 Å². The molecule has 0 aromatic rings. The van der Waals surface area contributed by atoms with Gasteiger partial charge in [-0.2, -0.15) is 0 Å². The number of likely N-dealkylation sites (N-methyl/N-ethyl adjacent to an activating group) is 1. The Balaban J connectivity index is 2.52. The van der Waals surface area contributed by atoms with Gasteiger partial charge in [-0.25, -0.2) is 0 Å². The van der Waals surface area contributed by atoms with Crippen molar-refractivity contribution in [1.82, 2.24) is 20.4 Å². The molecule has 2 unspecified atom stereocenters. The summed E-state index contributed by atoms with van der Waals surface area (Å²) < 4.78 is 5.62. The molecule has 0 aromatic carbocycles. The average Bonchev–Trinajstić information content (AvgIpc) is 2.52. The summed E-state index contributed by atoms with van der Waals surface area (Å²) in [5.41, 5.74) is 0.103. The summed E-state index contributed by atoms with van der Waals surface area (Å²) in [6.07, 6.45) is 0.149. The predicted molar refractivity (Wildman–Crippen MR) is 103 cm³/mol. The first-order chi connectivity index (χ1) is 11.3. The first-order valence-corrected chi connectivity index (χ1v) is 9.25. The van der Waals surface area contributed by atoms with E-state index >= 15 is 0 Å². The molecule has 1 saturated heterocycles. The SMILES string of the molecule is CCNC(=NCC(C)N1CCN(C)CC1)NCC(OC)C(C)(C)C. The van der Waals surface area contributed by atoms with Crippen LogP contribution in [0.1, 0.15) is 34.6 Å². The summed E-state index contributed by atoms with van der Waals surface area (Å²) in [6, 6.07) is 0.468. The smallest absolute Gasteiger partial charge is 0.191 e. The van der Waals surface area contributed by atoms with Gasteiger partial charge in [-0.1, -0.05) is 20.8 Å². The molecule has 1 rings (SSSR count). The first-order valence-electron chi connectivity index (χ1n) is 9.25. The minimum absolute atomic E-state index is 0.103. The number of methoxy groups -OCH3 is 1. The van der Waals surface area contributed by atoms with Gasteiger partial charge >= 0.3 is 0 Å². The Bertz CT molecular complexity index is 372. The fraction of sp³-hybridized carbons (Fsp3) is 0.944. The van der Waals surface area contributed by atoms with Crippen molar-refractivity contribution in [2.24, 2.45) is 10.4 Å². The Morgan fingerprint density at radius 1 is 1.17 bits per heavy atom. The monoisotopic (exact) mass is 341 g/mol. The van der Waals surface area contributed by atoms with Gasteiger partial charge in [-0.3, -0.25) is 9.89 Å². The van der Waals surface area contributed by atoms with Crippen LogP contribution in [0.15, 0.2) is 4.99 Å². The number of nitrogens with one attached hydrogen (secondary N) is 2. The van der Waals surface area contributed by atoms with Crippen molar-refractivity contribution in [3.05, 3.63) is 0 Å². The predicted octanol–water partition coefficient (Wildman–Crippen LogP) is 1.24. The molecule has 0 aliphatic carbocycles. The second kappa shape index (κ2) is 10.2. The van der Waals surface area contributed by atoms with E-state index in [9.17, 15) is 0 Å². The Labute approximate surface area is 149 Å². The lowest BCUT2D eigenvalue weighted by atomic mass is 9.89. The molecule has 0 radical (unpaired) electrons. The molecule has 6 nitrogen and oxygen atoms in total. The molecule has 6 heteroatoms. The number of aliphatic imine (C=N–C) groups is 1. The fourth-order valence-electron chi connectivity index (χ4n) is 2.88. The van der Waals surface area contributed by atoms with Gasteiger partial charge in [0.2, 0.25) is 0 Å². The normalized spacial score (nSPS) is 20.7. The maximum atomic E-state index is 5.62. The highest BCUT2D eigenvalue weighted by molar-refractivity contribution is 5.79. The van der Waals surface area contributed by atoms with E-state index in [2.05, 4.69) is 62.1 Å². The second-order valence-electron chi connectivity index (χ2n) is 7.88. The zero-order valence-corrected chi connectivity index (χ0v) is 16.9. The van der Waals surface area contributed by atoms with E-state index in [0.29, 0.717) is 6.04 Å². The van der Waals surface area contributed by atoms with E-state index in [1.807, 2.05) is 0 Å². The van der Waals surface area contributed by atoms with Crippen LogP contribution in [0.25, 0.3) is 0 Å². The minimum atomic E-state index is 0.103. The molecule has 0 bridgehead atoms. The first kappa shape index (κ1) is 21.2. The maximum Gasteiger partial charge on any atom is 0.191 e. The summed E-state index contributed by atoms with van der Waals surface area (Å²) in [5.74, 6) is 0.879. The van der Waals surface area contributed by atoms with Crippen molar-refractivity contribution in [3.8, 4) is 0 Å².